The first-order chi connectivity index (χ1) is 25.6. The molecule has 6 heteroatoms. The van der Waals surface area contributed by atoms with Gasteiger partial charge < -0.3 is 9.47 Å². The lowest BCUT2D eigenvalue weighted by molar-refractivity contribution is 0.526. The average Bonchev–Trinajstić information content (AvgIpc) is 3.34. The molecule has 246 valence electrons. The first kappa shape index (κ1) is 31.1. The smallest absolute Gasteiger partial charge is 0.105 e. The highest BCUT2D eigenvalue weighted by Gasteiger charge is 2.32. The van der Waals surface area contributed by atoms with Crippen molar-refractivity contribution < 1.29 is 0 Å². The number of nitrogens with zero attached hydrogens (tertiary/aromatic N) is 5. The zero-order chi connectivity index (χ0) is 35.2. The van der Waals surface area contributed by atoms with Gasteiger partial charge in [-0.15, -0.1) is 0 Å². The van der Waals surface area contributed by atoms with Gasteiger partial charge in [-0.25, -0.2) is 0 Å². The van der Waals surface area contributed by atoms with Crippen molar-refractivity contribution in [2.45, 2.75) is 31.5 Å². The van der Waals surface area contributed by atoms with Crippen LogP contribution < -0.4 is 10.2 Å². The van der Waals surface area contributed by atoms with Crippen LogP contribution in [0.2, 0.25) is 0 Å². The van der Waals surface area contributed by atoms with Gasteiger partial charge in [0.2, 0.25) is 0 Å². The molecule has 4 aromatic carbocycles. The van der Waals surface area contributed by atoms with Crippen LogP contribution >= 0.6 is 0 Å². The number of benzene rings is 4. The molecule has 3 heterocycles. The van der Waals surface area contributed by atoms with Gasteiger partial charge in [0.15, 0.2) is 0 Å². The molecule has 0 spiro atoms. The van der Waals surface area contributed by atoms with Crippen molar-refractivity contribution in [3.63, 3.8) is 0 Å². The number of para-hydroxylation sites is 2. The third-order valence-electron chi connectivity index (χ3n) is 10.4. The van der Waals surface area contributed by atoms with Crippen molar-refractivity contribution in [2.24, 2.45) is 0 Å². The van der Waals surface area contributed by atoms with Gasteiger partial charge in [-0.1, -0.05) is 72.8 Å². The summed E-state index contributed by atoms with van der Waals surface area (Å²) in [5.41, 5.74) is 14.0. The minimum absolute atomic E-state index is 0.0813. The second kappa shape index (κ2) is 12.8. The lowest BCUT2D eigenvalue weighted by Crippen LogP contribution is -2.47. The van der Waals surface area contributed by atoms with Crippen molar-refractivity contribution in [3.05, 3.63) is 166 Å². The number of rotatable bonds is 4. The Morgan fingerprint density at radius 3 is 2.37 bits per heavy atom. The molecule has 0 amide bonds. The molecular formula is C46H32N6. The molecule has 2 bridgehead atoms. The van der Waals surface area contributed by atoms with E-state index in [1.54, 1.807) is 0 Å². The van der Waals surface area contributed by atoms with Crippen LogP contribution in [0, 0.1) is 34.0 Å². The number of anilines is 2. The summed E-state index contributed by atoms with van der Waals surface area (Å²) in [6.45, 7) is 0. The Labute approximate surface area is 303 Å². The summed E-state index contributed by atoms with van der Waals surface area (Å²) >= 11 is 0. The van der Waals surface area contributed by atoms with E-state index in [9.17, 15) is 15.8 Å². The van der Waals surface area contributed by atoms with E-state index >= 15 is 0 Å². The summed E-state index contributed by atoms with van der Waals surface area (Å²) in [5.74, 6) is 0. The first-order valence-corrected chi connectivity index (χ1v) is 17.5. The van der Waals surface area contributed by atoms with Gasteiger partial charge in [0.1, 0.15) is 12.2 Å². The average molecular weight is 669 g/mol. The topological polar surface area (TPSA) is 91.6 Å². The van der Waals surface area contributed by atoms with E-state index in [1.165, 1.54) is 5.56 Å². The van der Waals surface area contributed by atoms with E-state index in [1.807, 2.05) is 54.6 Å². The number of fused-ring (bicyclic) bond motifs is 7. The van der Waals surface area contributed by atoms with Crippen LogP contribution in [0.25, 0.3) is 46.2 Å². The molecule has 1 N–H and O–H groups in total. The fourth-order valence-electron chi connectivity index (χ4n) is 8.07. The van der Waals surface area contributed by atoms with Gasteiger partial charge in [0.05, 0.1) is 46.4 Å². The van der Waals surface area contributed by atoms with E-state index < -0.39 is 0 Å². The van der Waals surface area contributed by atoms with Crippen LogP contribution in [0.3, 0.4) is 0 Å². The van der Waals surface area contributed by atoms with Crippen LogP contribution in [0.1, 0.15) is 58.1 Å². The fourth-order valence-corrected chi connectivity index (χ4v) is 8.07. The molecular weight excluding hydrogens is 637 g/mol. The molecule has 1 unspecified atom stereocenters. The Balaban J connectivity index is 1.17. The lowest BCUT2D eigenvalue weighted by Gasteiger charge is -2.41. The largest absolute Gasteiger partial charge is 0.320 e. The summed E-state index contributed by atoms with van der Waals surface area (Å²) in [4.78, 5) is 2.20. The number of aromatic nitrogens is 1. The molecule has 2 aliphatic carbocycles. The van der Waals surface area contributed by atoms with Gasteiger partial charge in [0.25, 0.3) is 0 Å². The van der Waals surface area contributed by atoms with Crippen molar-refractivity contribution >= 4 is 29.6 Å². The number of hydrogen-bond acceptors (Lipinski definition) is 5. The summed E-state index contributed by atoms with van der Waals surface area (Å²) < 4.78 is 2.30. The molecule has 2 aliphatic heterocycles. The maximum atomic E-state index is 10.6. The van der Waals surface area contributed by atoms with Crippen molar-refractivity contribution in [1.82, 2.24) is 9.88 Å². The number of nitrogens with one attached hydrogen (secondary N) is 1. The zero-order valence-corrected chi connectivity index (χ0v) is 28.3. The standard InChI is InChI=1S/C46H32N6/c47-27-30-10-9-18-45-39(24-30)37-12-2-6-16-43(37)51(45)42-15-5-1-11-36(42)34-23-31(28-48)22-33(26-34)32-20-21-41(35(25-32)29-49)52-44-17-7-3-13-38(44)40-14-4-8-19-46(52)50-40/h1,3-9,11,13-26,40,46,50H,2,10,12H2/t40-,46?/m0/s1. The van der Waals surface area contributed by atoms with Gasteiger partial charge >= 0.3 is 0 Å². The Kier molecular flexibility index (Phi) is 7.63. The summed E-state index contributed by atoms with van der Waals surface area (Å²) in [6.07, 6.45) is 21.4. The molecule has 0 radical (unpaired) electrons. The van der Waals surface area contributed by atoms with Crippen LogP contribution in [0.5, 0.6) is 0 Å². The van der Waals surface area contributed by atoms with Gasteiger partial charge in [0, 0.05) is 34.5 Å². The van der Waals surface area contributed by atoms with Gasteiger partial charge in [-0.3, -0.25) is 5.32 Å². The Hall–Kier alpha value is -6.91. The van der Waals surface area contributed by atoms with Crippen LogP contribution in [-0.2, 0) is 6.42 Å². The van der Waals surface area contributed by atoms with E-state index in [0.717, 1.165) is 80.2 Å². The van der Waals surface area contributed by atoms with E-state index in [2.05, 4.69) is 118 Å². The summed E-state index contributed by atoms with van der Waals surface area (Å²) in [6, 6.07) is 35.9. The van der Waals surface area contributed by atoms with Crippen molar-refractivity contribution in [2.75, 3.05) is 4.90 Å². The fraction of sp³-hybridized carbons (Fsp3) is 0.109. The van der Waals surface area contributed by atoms with Crippen molar-refractivity contribution in [3.8, 4) is 46.1 Å². The predicted molar refractivity (Wildman–Crippen MR) is 207 cm³/mol. The molecule has 9 rings (SSSR count). The van der Waals surface area contributed by atoms with E-state index in [0.29, 0.717) is 17.5 Å². The zero-order valence-electron chi connectivity index (χ0n) is 28.3. The Morgan fingerprint density at radius 1 is 0.692 bits per heavy atom. The number of hydrogen-bond donors (Lipinski definition) is 1. The molecule has 6 nitrogen and oxygen atoms in total. The molecule has 0 saturated heterocycles. The minimum atomic E-state index is -0.126. The molecule has 4 aliphatic rings. The highest BCUT2D eigenvalue weighted by atomic mass is 15.3. The lowest BCUT2D eigenvalue weighted by atomic mass is 9.93. The van der Waals surface area contributed by atoms with Gasteiger partial charge in [-0.05, 0) is 107 Å². The van der Waals surface area contributed by atoms with Crippen LogP contribution in [0.4, 0.5) is 11.4 Å². The predicted octanol–water partition coefficient (Wildman–Crippen LogP) is 10.1. The SMILES string of the molecule is N#CC1=Cc2c3c(n(-c4ccccc4-c4cc(C#N)cc(-c5ccc(N6c7ccccc7[C@@H]7C=CC=CC6N7)c(C#N)c5)c4)c2C=CC1)C=CCC3. The maximum Gasteiger partial charge on any atom is 0.105 e. The highest BCUT2D eigenvalue weighted by Crippen LogP contribution is 2.43. The molecule has 52 heavy (non-hydrogen) atoms. The molecule has 2 atom stereocenters. The van der Waals surface area contributed by atoms with Crippen LogP contribution in [-0.4, -0.2) is 10.7 Å². The maximum absolute atomic E-state index is 10.6. The second-order valence-electron chi connectivity index (χ2n) is 13.4. The third kappa shape index (κ3) is 5.12. The number of nitriles is 3. The number of allylic oxidation sites excluding steroid dienone is 5. The normalized spacial score (nSPS) is 17.8. The molecule has 5 aromatic rings. The monoisotopic (exact) mass is 668 g/mol. The summed E-state index contributed by atoms with van der Waals surface area (Å²) in [5, 5.41) is 34.3. The Bertz CT molecular complexity index is 2590. The second-order valence-corrected chi connectivity index (χ2v) is 13.4. The van der Waals surface area contributed by atoms with Crippen molar-refractivity contribution in [1.29, 1.82) is 15.8 Å². The van der Waals surface area contributed by atoms with E-state index in [4.69, 9.17) is 0 Å². The molecule has 1 aromatic heterocycles. The molecule has 0 fully saturated rings. The third-order valence-corrected chi connectivity index (χ3v) is 10.4. The van der Waals surface area contributed by atoms with E-state index in [-0.39, 0.29) is 12.2 Å². The van der Waals surface area contributed by atoms with Crippen LogP contribution in [0.15, 0.2) is 127 Å². The Morgan fingerprint density at radius 2 is 1.50 bits per heavy atom. The highest BCUT2D eigenvalue weighted by molar-refractivity contribution is 5.85. The minimum Gasteiger partial charge on any atom is -0.320 e. The quantitative estimate of drug-likeness (QED) is 0.206. The molecule has 0 saturated carbocycles. The van der Waals surface area contributed by atoms with Gasteiger partial charge in [-0.2, -0.15) is 15.8 Å². The first-order valence-electron chi connectivity index (χ1n) is 17.5. The summed E-state index contributed by atoms with van der Waals surface area (Å²) in [7, 11) is 0.